The quantitative estimate of drug-likeness (QED) is 0.379. The number of carbonyl (C=O) groups is 3. The number of nitrogens with one attached hydrogen (secondary N) is 2. The van der Waals surface area contributed by atoms with Gasteiger partial charge in [-0.3, -0.25) is 28.7 Å². The van der Waals surface area contributed by atoms with E-state index in [9.17, 15) is 24.0 Å². The van der Waals surface area contributed by atoms with E-state index in [4.69, 9.17) is 0 Å². The molecule has 0 saturated carbocycles. The first-order chi connectivity index (χ1) is 16.5. The number of ketones is 1. The molecule has 2 aromatic carbocycles. The molecule has 1 aliphatic heterocycles. The Hall–Kier alpha value is -3.72. The molecule has 0 bridgehead atoms. The summed E-state index contributed by atoms with van der Waals surface area (Å²) >= 11 is 1.64. The van der Waals surface area contributed by atoms with Crippen molar-refractivity contribution in [3.63, 3.8) is 0 Å². The van der Waals surface area contributed by atoms with Crippen LogP contribution in [0, 0.1) is 0 Å². The zero-order valence-electron chi connectivity index (χ0n) is 18.3. The third-order valence-corrected chi connectivity index (χ3v) is 6.72. The third-order valence-electron chi connectivity index (χ3n) is 5.74. The summed E-state index contributed by atoms with van der Waals surface area (Å²) in [6.45, 7) is -0.0122. The van der Waals surface area contributed by atoms with Crippen LogP contribution < -0.4 is 16.6 Å². The fraction of sp³-hybridized carbons (Fsp3) is 0.240. The normalized spacial score (nSPS) is 12.6. The summed E-state index contributed by atoms with van der Waals surface area (Å²) in [6, 6.07) is 14.2. The Morgan fingerprint density at radius 1 is 1.03 bits per heavy atom. The Morgan fingerprint density at radius 3 is 2.38 bits per heavy atom. The smallest absolute Gasteiger partial charge is 0.328 e. The lowest BCUT2D eigenvalue weighted by atomic mass is 10.0. The summed E-state index contributed by atoms with van der Waals surface area (Å²) in [5, 5.41) is 2.61. The molecule has 0 atom stereocenters. The van der Waals surface area contributed by atoms with Gasteiger partial charge in [-0.25, -0.2) is 4.79 Å². The number of nitrogens with zero attached hydrogens (tertiary/aromatic N) is 1. The minimum atomic E-state index is -0.514. The van der Waals surface area contributed by atoms with E-state index in [1.54, 1.807) is 36.0 Å². The van der Waals surface area contributed by atoms with Gasteiger partial charge in [0.15, 0.2) is 5.78 Å². The fourth-order valence-electron chi connectivity index (χ4n) is 3.86. The number of Topliss-reactive ketones (excluding diaryl/α,β-unsaturated/α-hetero) is 1. The molecule has 0 unspecified atom stereocenters. The Kier molecular flexibility index (Phi) is 7.22. The molecule has 4 rings (SSSR count). The van der Waals surface area contributed by atoms with Crippen LogP contribution in [0.2, 0.25) is 0 Å². The van der Waals surface area contributed by atoms with Crippen LogP contribution in [-0.4, -0.2) is 39.8 Å². The van der Waals surface area contributed by atoms with Gasteiger partial charge in [0.1, 0.15) is 6.29 Å². The number of H-pyrrole nitrogens is 1. The first-order valence-corrected chi connectivity index (χ1v) is 12.0. The average molecular weight is 478 g/mol. The Morgan fingerprint density at radius 2 is 1.71 bits per heavy atom. The first kappa shape index (κ1) is 23.4. The van der Waals surface area contributed by atoms with E-state index >= 15 is 0 Å². The molecule has 8 nitrogen and oxygen atoms in total. The molecule has 2 heterocycles. The first-order valence-electron chi connectivity index (χ1n) is 10.8. The van der Waals surface area contributed by atoms with Crippen molar-refractivity contribution in [3.05, 3.63) is 91.8 Å². The number of thioether (sulfide) groups is 1. The summed E-state index contributed by atoms with van der Waals surface area (Å²) in [4.78, 5) is 62.1. The highest BCUT2D eigenvalue weighted by Crippen LogP contribution is 2.21. The number of aromatic nitrogens is 2. The largest absolute Gasteiger partial charge is 0.349 e. The van der Waals surface area contributed by atoms with Gasteiger partial charge in [-0.05, 0) is 23.3 Å². The van der Waals surface area contributed by atoms with Crippen molar-refractivity contribution in [3.8, 4) is 11.1 Å². The molecule has 0 radical (unpaired) electrons. The molecule has 0 fully saturated rings. The van der Waals surface area contributed by atoms with E-state index in [0.717, 1.165) is 23.2 Å². The topological polar surface area (TPSA) is 118 Å². The summed E-state index contributed by atoms with van der Waals surface area (Å²) in [5.74, 6) is 0.789. The third kappa shape index (κ3) is 5.26. The Balaban J connectivity index is 1.33. The predicted octanol–water partition coefficient (Wildman–Crippen LogP) is 2.19. The van der Waals surface area contributed by atoms with Crippen molar-refractivity contribution in [2.45, 2.75) is 25.1 Å². The van der Waals surface area contributed by atoms with Gasteiger partial charge in [0, 0.05) is 41.1 Å². The molecule has 174 valence electrons. The van der Waals surface area contributed by atoms with Crippen molar-refractivity contribution in [2.24, 2.45) is 0 Å². The van der Waals surface area contributed by atoms with E-state index in [1.807, 2.05) is 24.3 Å². The minimum absolute atomic E-state index is 0.0224. The monoisotopic (exact) mass is 477 g/mol. The number of aldehydes is 1. The number of rotatable bonds is 8. The second kappa shape index (κ2) is 10.5. The van der Waals surface area contributed by atoms with Gasteiger partial charge in [0.25, 0.3) is 5.56 Å². The van der Waals surface area contributed by atoms with Crippen LogP contribution in [-0.2, 0) is 23.5 Å². The Bertz CT molecular complexity index is 1340. The molecular formula is C25H23N3O5S. The summed E-state index contributed by atoms with van der Waals surface area (Å²) in [5.41, 5.74) is 3.31. The van der Waals surface area contributed by atoms with Crippen molar-refractivity contribution in [1.82, 2.24) is 14.9 Å². The van der Waals surface area contributed by atoms with Crippen molar-refractivity contribution in [2.75, 3.05) is 12.3 Å². The van der Waals surface area contributed by atoms with E-state index < -0.39 is 5.69 Å². The van der Waals surface area contributed by atoms with Gasteiger partial charge in [-0.1, -0.05) is 48.5 Å². The van der Waals surface area contributed by atoms with Crippen molar-refractivity contribution >= 4 is 29.7 Å². The van der Waals surface area contributed by atoms with Gasteiger partial charge in [-0.15, -0.1) is 0 Å². The van der Waals surface area contributed by atoms with Gasteiger partial charge in [0.2, 0.25) is 5.91 Å². The van der Waals surface area contributed by atoms with Gasteiger partial charge >= 0.3 is 5.69 Å². The van der Waals surface area contributed by atoms with Crippen LogP contribution in [0.1, 0.15) is 38.4 Å². The molecule has 1 aliphatic rings. The van der Waals surface area contributed by atoms with E-state index in [2.05, 4.69) is 10.3 Å². The molecule has 34 heavy (non-hydrogen) atoms. The molecule has 0 aliphatic carbocycles. The van der Waals surface area contributed by atoms with Crippen molar-refractivity contribution < 1.29 is 14.4 Å². The zero-order chi connectivity index (χ0) is 24.1. The highest BCUT2D eigenvalue weighted by molar-refractivity contribution is 7.98. The lowest BCUT2D eigenvalue weighted by Crippen LogP contribution is -2.38. The molecule has 0 saturated heterocycles. The maximum atomic E-state index is 12.5. The summed E-state index contributed by atoms with van der Waals surface area (Å²) in [6.07, 6.45) is 1.41. The standard InChI is InChI=1S/C25H23N3O5S/c29-14-16-1-3-17(4-2-16)18-5-7-19(8-6-18)22(30)13-26-23(31)9-11-28-21-10-12-34-15-20(21)24(32)27-25(28)33/h1-8,14H,9-13,15H2,(H,26,31)(H,27,32,33). The van der Waals surface area contributed by atoms with Gasteiger partial charge < -0.3 is 5.32 Å². The second-order valence-corrected chi connectivity index (χ2v) is 9.01. The van der Waals surface area contributed by atoms with Crippen LogP contribution in [0.15, 0.2) is 58.1 Å². The van der Waals surface area contributed by atoms with Crippen LogP contribution in [0.25, 0.3) is 11.1 Å². The van der Waals surface area contributed by atoms with E-state index in [1.165, 1.54) is 4.57 Å². The lowest BCUT2D eigenvalue weighted by Gasteiger charge is -2.19. The van der Waals surface area contributed by atoms with Crippen LogP contribution in [0.5, 0.6) is 0 Å². The molecule has 9 heteroatoms. The number of benzene rings is 2. The SMILES string of the molecule is O=Cc1ccc(-c2ccc(C(=O)CNC(=O)CCn3c4c(c(=O)[nH]c3=O)CSCC4)cc2)cc1. The molecular weight excluding hydrogens is 454 g/mol. The number of amides is 1. The number of aromatic amines is 1. The van der Waals surface area contributed by atoms with Gasteiger partial charge in [0.05, 0.1) is 6.54 Å². The fourth-order valence-corrected chi connectivity index (χ4v) is 4.84. The van der Waals surface area contributed by atoms with E-state index in [-0.39, 0.29) is 36.8 Å². The second-order valence-electron chi connectivity index (χ2n) is 7.91. The van der Waals surface area contributed by atoms with Crippen LogP contribution >= 0.6 is 11.8 Å². The number of carbonyl (C=O) groups excluding carboxylic acids is 3. The molecule has 1 aromatic heterocycles. The van der Waals surface area contributed by atoms with Crippen LogP contribution in [0.3, 0.4) is 0 Å². The highest BCUT2D eigenvalue weighted by Gasteiger charge is 2.19. The number of hydrogen-bond acceptors (Lipinski definition) is 6. The zero-order valence-corrected chi connectivity index (χ0v) is 19.2. The van der Waals surface area contributed by atoms with Crippen molar-refractivity contribution in [1.29, 1.82) is 0 Å². The molecule has 2 N–H and O–H groups in total. The molecule has 1 amide bonds. The summed E-state index contributed by atoms with van der Waals surface area (Å²) in [7, 11) is 0. The number of fused-ring (bicyclic) bond motifs is 1. The predicted molar refractivity (Wildman–Crippen MR) is 130 cm³/mol. The maximum Gasteiger partial charge on any atom is 0.328 e. The minimum Gasteiger partial charge on any atom is -0.349 e. The van der Waals surface area contributed by atoms with Gasteiger partial charge in [-0.2, -0.15) is 11.8 Å². The molecule has 3 aromatic rings. The van der Waals surface area contributed by atoms with E-state index in [0.29, 0.717) is 34.6 Å². The summed E-state index contributed by atoms with van der Waals surface area (Å²) < 4.78 is 1.46. The lowest BCUT2D eigenvalue weighted by molar-refractivity contribution is -0.121. The highest BCUT2D eigenvalue weighted by atomic mass is 32.2. The molecule has 0 spiro atoms. The average Bonchev–Trinajstić information content (AvgIpc) is 2.87. The Labute approximate surface area is 199 Å². The van der Waals surface area contributed by atoms with Crippen LogP contribution in [0.4, 0.5) is 0 Å². The maximum absolute atomic E-state index is 12.5. The number of hydrogen-bond donors (Lipinski definition) is 2.